The first-order valence-corrected chi connectivity index (χ1v) is 12.9. The summed E-state index contributed by atoms with van der Waals surface area (Å²) >= 11 is 6.31. The Hall–Kier alpha value is -2.33. The van der Waals surface area contributed by atoms with Crippen molar-refractivity contribution in [1.29, 1.82) is 0 Å². The van der Waals surface area contributed by atoms with Gasteiger partial charge in [0.15, 0.2) is 0 Å². The molecule has 2 aliphatic heterocycles. The Morgan fingerprint density at radius 3 is 2.64 bits per heavy atom. The van der Waals surface area contributed by atoms with Crippen molar-refractivity contribution in [1.82, 2.24) is 9.88 Å². The minimum Gasteiger partial charge on any atom is -0.399 e. The van der Waals surface area contributed by atoms with Gasteiger partial charge in [0.2, 0.25) is 0 Å². The van der Waals surface area contributed by atoms with Gasteiger partial charge in [-0.15, -0.1) is 0 Å². The van der Waals surface area contributed by atoms with E-state index in [1.165, 1.54) is 0 Å². The molecule has 36 heavy (non-hydrogen) atoms. The maximum atomic E-state index is 12.6. The molecule has 0 bridgehead atoms. The molecule has 0 radical (unpaired) electrons. The zero-order valence-corrected chi connectivity index (χ0v) is 22.5. The average molecular weight is 515 g/mol. The number of halogens is 1. The monoisotopic (exact) mass is 514 g/mol. The zero-order valence-electron chi connectivity index (χ0n) is 21.7. The molecular weight excluding hydrogens is 479 g/mol. The number of aryl methyl sites for hydroxylation is 1. The van der Waals surface area contributed by atoms with Gasteiger partial charge in [-0.2, -0.15) is 0 Å². The molecule has 194 valence electrons. The Bertz CT molecular complexity index is 1110. The number of hydrogen-bond donors (Lipinski definition) is 3. The lowest BCUT2D eigenvalue weighted by atomic mass is 9.76. The first-order chi connectivity index (χ1) is 17.0. The third-order valence-corrected chi connectivity index (χ3v) is 7.48. The van der Waals surface area contributed by atoms with E-state index in [-0.39, 0.29) is 18.7 Å². The van der Waals surface area contributed by atoms with Gasteiger partial charge in [0.1, 0.15) is 11.0 Å². The average Bonchev–Trinajstić information content (AvgIpc) is 3.41. The second-order valence-electron chi connectivity index (χ2n) is 10.6. The summed E-state index contributed by atoms with van der Waals surface area (Å²) in [5.74, 6) is 0.605. The quantitative estimate of drug-likeness (QED) is 0.382. The molecule has 2 aromatic rings. The van der Waals surface area contributed by atoms with Crippen LogP contribution in [-0.4, -0.2) is 65.1 Å². The third kappa shape index (κ3) is 5.80. The second-order valence-corrected chi connectivity index (χ2v) is 11.0. The number of aromatic nitrogens is 1. The number of aliphatic hydroxyl groups excluding tert-OH is 1. The Balaban J connectivity index is 1.53. The SMILES string of the molecule is Cc1ccc(NC(=O)N2CCCC2)cc1B1OC(C)(C)C(C)(Cc2cc(Cl)nc(N[C@@H](C)CO)c2)O1. The molecule has 2 saturated heterocycles. The molecule has 0 saturated carbocycles. The van der Waals surface area contributed by atoms with Gasteiger partial charge in [0, 0.05) is 31.2 Å². The summed E-state index contributed by atoms with van der Waals surface area (Å²) in [5.41, 5.74) is 2.31. The van der Waals surface area contributed by atoms with Crippen molar-refractivity contribution in [3.63, 3.8) is 0 Å². The van der Waals surface area contributed by atoms with Crippen LogP contribution in [0.2, 0.25) is 5.15 Å². The van der Waals surface area contributed by atoms with Crippen LogP contribution < -0.4 is 16.1 Å². The van der Waals surface area contributed by atoms with Crippen LogP contribution in [0.25, 0.3) is 0 Å². The lowest BCUT2D eigenvalue weighted by Crippen LogP contribution is -2.46. The summed E-state index contributed by atoms with van der Waals surface area (Å²) < 4.78 is 13.1. The predicted molar refractivity (Wildman–Crippen MR) is 144 cm³/mol. The van der Waals surface area contributed by atoms with Crippen LogP contribution in [0.15, 0.2) is 30.3 Å². The number of nitrogens with zero attached hydrogens (tertiary/aromatic N) is 2. The highest BCUT2D eigenvalue weighted by Crippen LogP contribution is 2.40. The van der Waals surface area contributed by atoms with E-state index >= 15 is 0 Å². The molecule has 10 heteroatoms. The molecule has 2 fully saturated rings. The summed E-state index contributed by atoms with van der Waals surface area (Å²) in [5, 5.41) is 15.9. The molecule has 2 atom stereocenters. The highest BCUT2D eigenvalue weighted by Gasteiger charge is 2.54. The van der Waals surface area contributed by atoms with E-state index in [2.05, 4.69) is 15.6 Å². The van der Waals surface area contributed by atoms with E-state index in [4.69, 9.17) is 20.9 Å². The molecule has 0 spiro atoms. The van der Waals surface area contributed by atoms with E-state index in [9.17, 15) is 9.90 Å². The molecule has 2 amide bonds. The number of aliphatic hydroxyl groups is 1. The number of hydrogen-bond acceptors (Lipinski definition) is 6. The first-order valence-electron chi connectivity index (χ1n) is 12.6. The number of nitrogens with one attached hydrogen (secondary N) is 2. The Morgan fingerprint density at radius 2 is 1.94 bits per heavy atom. The number of likely N-dealkylation sites (tertiary alicyclic amines) is 1. The molecule has 1 aromatic heterocycles. The molecule has 1 aromatic carbocycles. The number of amides is 2. The van der Waals surface area contributed by atoms with Crippen LogP contribution >= 0.6 is 11.6 Å². The second kappa shape index (κ2) is 10.6. The number of carbonyl (C=O) groups is 1. The largest absolute Gasteiger partial charge is 0.495 e. The van der Waals surface area contributed by atoms with Crippen LogP contribution in [0.4, 0.5) is 16.3 Å². The van der Waals surface area contributed by atoms with Crippen LogP contribution in [0, 0.1) is 6.92 Å². The van der Waals surface area contributed by atoms with Gasteiger partial charge in [-0.05, 0) is 82.8 Å². The van der Waals surface area contributed by atoms with Crippen LogP contribution in [0.5, 0.6) is 0 Å². The van der Waals surface area contributed by atoms with Gasteiger partial charge in [0.25, 0.3) is 0 Å². The van der Waals surface area contributed by atoms with Crippen LogP contribution in [0.1, 0.15) is 51.7 Å². The Labute approximate surface area is 218 Å². The summed E-state index contributed by atoms with van der Waals surface area (Å²) in [4.78, 5) is 18.8. The highest BCUT2D eigenvalue weighted by molar-refractivity contribution is 6.62. The fourth-order valence-electron chi connectivity index (χ4n) is 4.68. The van der Waals surface area contributed by atoms with Crippen molar-refractivity contribution in [3.8, 4) is 0 Å². The summed E-state index contributed by atoms with van der Waals surface area (Å²) in [6.07, 6.45) is 2.64. The van der Waals surface area contributed by atoms with Crippen molar-refractivity contribution >= 4 is 41.7 Å². The van der Waals surface area contributed by atoms with Gasteiger partial charge in [-0.1, -0.05) is 23.2 Å². The van der Waals surface area contributed by atoms with Gasteiger partial charge in [-0.25, -0.2) is 9.78 Å². The molecular formula is C26H36BClN4O4. The van der Waals surface area contributed by atoms with Gasteiger partial charge >= 0.3 is 13.1 Å². The number of benzene rings is 1. The lowest BCUT2D eigenvalue weighted by Gasteiger charge is -2.36. The fraction of sp³-hybridized carbons (Fsp3) is 0.538. The van der Waals surface area contributed by atoms with E-state index in [0.717, 1.165) is 48.2 Å². The number of anilines is 2. The van der Waals surface area contributed by atoms with E-state index < -0.39 is 18.3 Å². The standard InChI is InChI=1S/C26H36BClN4O4/c1-17-8-9-20(30-24(34)32-10-6-7-11-32)14-21(17)27-35-25(3,4)26(5,36-27)15-19-12-22(28)31-23(13-19)29-18(2)16-33/h8-9,12-14,18,33H,6-7,10-11,15-16H2,1-5H3,(H,29,31)(H,30,34)/t18-,26?/m0/s1. The normalized spacial score (nSPS) is 22.1. The van der Waals surface area contributed by atoms with Crippen molar-refractivity contribution < 1.29 is 19.2 Å². The number of rotatable bonds is 7. The minimum atomic E-state index is -0.663. The topological polar surface area (TPSA) is 96.0 Å². The zero-order chi connectivity index (χ0) is 26.1. The van der Waals surface area contributed by atoms with Crippen molar-refractivity contribution in [2.24, 2.45) is 0 Å². The van der Waals surface area contributed by atoms with Crippen molar-refractivity contribution in [3.05, 3.63) is 46.6 Å². The molecule has 2 aliphatic rings. The van der Waals surface area contributed by atoms with E-state index in [1.807, 2.05) is 69.9 Å². The fourth-order valence-corrected chi connectivity index (χ4v) is 4.92. The minimum absolute atomic E-state index is 0.0101. The predicted octanol–water partition coefficient (Wildman–Crippen LogP) is 3.99. The van der Waals surface area contributed by atoms with Gasteiger partial charge < -0.3 is 29.9 Å². The van der Waals surface area contributed by atoms with Crippen molar-refractivity contribution in [2.75, 3.05) is 30.3 Å². The van der Waals surface area contributed by atoms with E-state index in [1.54, 1.807) is 0 Å². The molecule has 8 nitrogen and oxygen atoms in total. The summed E-state index contributed by atoms with van der Waals surface area (Å²) in [6.45, 7) is 11.5. The number of urea groups is 1. The van der Waals surface area contributed by atoms with Gasteiger partial charge in [-0.3, -0.25) is 0 Å². The lowest BCUT2D eigenvalue weighted by molar-refractivity contribution is -0.00877. The molecule has 4 rings (SSSR count). The maximum absolute atomic E-state index is 12.6. The molecule has 3 N–H and O–H groups in total. The Morgan fingerprint density at radius 1 is 1.22 bits per heavy atom. The first kappa shape index (κ1) is 26.7. The molecule has 1 unspecified atom stereocenters. The van der Waals surface area contributed by atoms with Crippen LogP contribution in [0.3, 0.4) is 0 Å². The summed E-state index contributed by atoms with van der Waals surface area (Å²) in [6, 6.07) is 9.37. The number of pyridine rings is 1. The van der Waals surface area contributed by atoms with Gasteiger partial charge in [0.05, 0.1) is 17.8 Å². The summed E-state index contributed by atoms with van der Waals surface area (Å²) in [7, 11) is -0.585. The van der Waals surface area contributed by atoms with E-state index in [0.29, 0.717) is 17.4 Å². The smallest absolute Gasteiger partial charge is 0.399 e. The Kier molecular flexibility index (Phi) is 7.85. The maximum Gasteiger partial charge on any atom is 0.495 e. The third-order valence-electron chi connectivity index (χ3n) is 7.28. The molecule has 3 heterocycles. The van der Waals surface area contributed by atoms with Crippen molar-refractivity contribution in [2.45, 2.75) is 71.1 Å². The highest BCUT2D eigenvalue weighted by atomic mass is 35.5. The van der Waals surface area contributed by atoms with Crippen LogP contribution in [-0.2, 0) is 15.7 Å². The molecule has 0 aliphatic carbocycles. The number of carbonyl (C=O) groups excluding carboxylic acids is 1.